The maximum atomic E-state index is 11.3. The van der Waals surface area contributed by atoms with Crippen LogP contribution >= 0.6 is 15.9 Å². The summed E-state index contributed by atoms with van der Waals surface area (Å²) in [5, 5.41) is 0. The number of aryl methyl sites for hydroxylation is 1. The van der Waals surface area contributed by atoms with Gasteiger partial charge in [0.05, 0.1) is 11.3 Å². The molecule has 92 valence electrons. The maximum absolute atomic E-state index is 11.3. The van der Waals surface area contributed by atoms with Crippen LogP contribution < -0.4 is 0 Å². The maximum Gasteiger partial charge on any atom is 0.163 e. The minimum atomic E-state index is -0.0000540. The van der Waals surface area contributed by atoms with Crippen LogP contribution in [0.4, 0.5) is 0 Å². The van der Waals surface area contributed by atoms with Crippen molar-refractivity contribution in [3.8, 4) is 0 Å². The van der Waals surface area contributed by atoms with Crippen LogP contribution in [0.15, 0.2) is 34.9 Å². The molecule has 0 saturated carbocycles. The van der Waals surface area contributed by atoms with Crippen molar-refractivity contribution in [2.24, 2.45) is 0 Å². The zero-order valence-corrected chi connectivity index (χ0v) is 11.9. The minimum Gasteiger partial charge on any atom is -0.294 e. The normalized spacial score (nSPS) is 10.4. The third-order valence-corrected chi connectivity index (χ3v) is 3.49. The van der Waals surface area contributed by atoms with Crippen molar-refractivity contribution in [1.82, 2.24) is 9.97 Å². The van der Waals surface area contributed by atoms with Gasteiger partial charge in [-0.15, -0.1) is 0 Å². The molecule has 0 fully saturated rings. The van der Waals surface area contributed by atoms with Crippen molar-refractivity contribution < 1.29 is 4.79 Å². The van der Waals surface area contributed by atoms with Gasteiger partial charge in [0.15, 0.2) is 5.78 Å². The average Bonchev–Trinajstić information content (AvgIpc) is 2.32. The third-order valence-electron chi connectivity index (χ3n) is 2.71. The van der Waals surface area contributed by atoms with E-state index in [0.717, 1.165) is 21.6 Å². The van der Waals surface area contributed by atoms with Crippen LogP contribution in [0.1, 0.15) is 34.4 Å². The second-order valence-corrected chi connectivity index (χ2v) is 4.96. The van der Waals surface area contributed by atoms with Gasteiger partial charge in [0.2, 0.25) is 0 Å². The molecule has 0 aliphatic rings. The molecule has 0 amide bonds. The summed E-state index contributed by atoms with van der Waals surface area (Å²) in [5.74, 6) is 0.726. The second-order valence-electron chi connectivity index (χ2n) is 4.11. The van der Waals surface area contributed by atoms with Crippen molar-refractivity contribution >= 4 is 21.7 Å². The number of Topliss-reactive ketones (excluding diaryl/α,β-unsaturated/α-hetero) is 1. The number of rotatable bonds is 3. The van der Waals surface area contributed by atoms with E-state index in [1.165, 1.54) is 6.92 Å². The van der Waals surface area contributed by atoms with Gasteiger partial charge in [0.1, 0.15) is 5.82 Å². The van der Waals surface area contributed by atoms with Gasteiger partial charge in [-0.1, -0.05) is 34.1 Å². The Morgan fingerprint density at radius 2 is 2.06 bits per heavy atom. The molecule has 0 aliphatic heterocycles. The summed E-state index contributed by atoms with van der Waals surface area (Å²) < 4.78 is 1.04. The fourth-order valence-electron chi connectivity index (χ4n) is 1.76. The molecule has 3 nitrogen and oxygen atoms in total. The van der Waals surface area contributed by atoms with E-state index in [-0.39, 0.29) is 5.78 Å². The Labute approximate surface area is 114 Å². The summed E-state index contributed by atoms with van der Waals surface area (Å²) in [6.07, 6.45) is 2.26. The Balaban J connectivity index is 2.29. The smallest absolute Gasteiger partial charge is 0.163 e. The monoisotopic (exact) mass is 304 g/mol. The van der Waals surface area contributed by atoms with E-state index < -0.39 is 0 Å². The number of halogens is 1. The lowest BCUT2D eigenvalue weighted by atomic mass is 10.1. The van der Waals surface area contributed by atoms with E-state index in [1.807, 2.05) is 31.2 Å². The van der Waals surface area contributed by atoms with E-state index >= 15 is 0 Å². The molecule has 0 unspecified atom stereocenters. The van der Waals surface area contributed by atoms with E-state index in [2.05, 4.69) is 25.9 Å². The topological polar surface area (TPSA) is 42.9 Å². The Morgan fingerprint density at radius 1 is 1.33 bits per heavy atom. The van der Waals surface area contributed by atoms with Crippen LogP contribution in [0, 0.1) is 6.92 Å². The first kappa shape index (κ1) is 12.9. The molecule has 18 heavy (non-hydrogen) atoms. The summed E-state index contributed by atoms with van der Waals surface area (Å²) in [5.41, 5.74) is 2.46. The number of aromatic nitrogens is 2. The van der Waals surface area contributed by atoms with E-state index in [4.69, 9.17) is 0 Å². The Kier molecular flexibility index (Phi) is 3.87. The number of hydrogen-bond acceptors (Lipinski definition) is 3. The molecule has 1 aromatic heterocycles. The first-order valence-corrected chi connectivity index (χ1v) is 6.44. The molecular weight excluding hydrogens is 292 g/mol. The lowest BCUT2D eigenvalue weighted by Crippen LogP contribution is -2.05. The Morgan fingerprint density at radius 3 is 2.67 bits per heavy atom. The predicted molar refractivity (Wildman–Crippen MR) is 73.7 cm³/mol. The zero-order chi connectivity index (χ0) is 13.1. The molecule has 0 aliphatic carbocycles. The number of carbonyl (C=O) groups is 1. The first-order chi connectivity index (χ1) is 8.58. The molecular formula is C14H13BrN2O. The third kappa shape index (κ3) is 2.82. The quantitative estimate of drug-likeness (QED) is 0.817. The van der Waals surface area contributed by atoms with Gasteiger partial charge in [-0.25, -0.2) is 9.97 Å². The van der Waals surface area contributed by atoms with Crippen LogP contribution in [0.2, 0.25) is 0 Å². The Hall–Kier alpha value is -1.55. The molecule has 2 aromatic rings. The first-order valence-electron chi connectivity index (χ1n) is 5.65. The fraction of sp³-hybridized carbons (Fsp3) is 0.214. The van der Waals surface area contributed by atoms with Crippen molar-refractivity contribution in [2.45, 2.75) is 20.3 Å². The number of carbonyl (C=O) groups excluding carboxylic acids is 1. The second kappa shape index (κ2) is 5.40. The lowest BCUT2D eigenvalue weighted by Gasteiger charge is -2.06. The molecule has 0 saturated heterocycles. The molecule has 0 spiro atoms. The van der Waals surface area contributed by atoms with Gasteiger partial charge in [-0.05, 0) is 25.5 Å². The molecule has 0 radical (unpaired) electrons. The van der Waals surface area contributed by atoms with Gasteiger partial charge in [0.25, 0.3) is 0 Å². The highest BCUT2D eigenvalue weighted by atomic mass is 79.9. The van der Waals surface area contributed by atoms with Crippen LogP contribution in [-0.4, -0.2) is 15.8 Å². The number of benzene rings is 1. The van der Waals surface area contributed by atoms with Crippen molar-refractivity contribution in [1.29, 1.82) is 0 Å². The molecule has 0 bridgehead atoms. The van der Waals surface area contributed by atoms with Gasteiger partial charge in [-0.3, -0.25) is 4.79 Å². The van der Waals surface area contributed by atoms with Gasteiger partial charge >= 0.3 is 0 Å². The number of hydrogen-bond donors (Lipinski definition) is 0. The van der Waals surface area contributed by atoms with Crippen LogP contribution in [-0.2, 0) is 6.42 Å². The zero-order valence-electron chi connectivity index (χ0n) is 10.3. The van der Waals surface area contributed by atoms with Gasteiger partial charge < -0.3 is 0 Å². The highest BCUT2D eigenvalue weighted by molar-refractivity contribution is 9.10. The summed E-state index contributed by atoms with van der Waals surface area (Å²) >= 11 is 3.50. The summed E-state index contributed by atoms with van der Waals surface area (Å²) in [7, 11) is 0. The van der Waals surface area contributed by atoms with Gasteiger partial charge in [-0.2, -0.15) is 0 Å². The number of ketones is 1. The lowest BCUT2D eigenvalue weighted by molar-refractivity contribution is 0.101. The largest absolute Gasteiger partial charge is 0.294 e. The molecule has 4 heteroatoms. The number of nitrogens with zero attached hydrogens (tertiary/aromatic N) is 2. The summed E-state index contributed by atoms with van der Waals surface area (Å²) in [6.45, 7) is 3.36. The standard InChI is InChI=1S/C14H13BrN2O/c1-9-12(10(2)18)8-16-14(17-9)7-11-5-3-4-6-13(11)15/h3-6,8H,7H2,1-2H3. The van der Waals surface area contributed by atoms with Crippen LogP contribution in [0.3, 0.4) is 0 Å². The average molecular weight is 305 g/mol. The van der Waals surface area contributed by atoms with Crippen LogP contribution in [0.25, 0.3) is 0 Å². The summed E-state index contributed by atoms with van der Waals surface area (Å²) in [6, 6.07) is 7.98. The van der Waals surface area contributed by atoms with E-state index in [0.29, 0.717) is 12.0 Å². The van der Waals surface area contributed by atoms with Crippen molar-refractivity contribution in [2.75, 3.05) is 0 Å². The molecule has 1 aromatic carbocycles. The predicted octanol–water partition coefficient (Wildman–Crippen LogP) is 3.34. The highest BCUT2D eigenvalue weighted by Gasteiger charge is 2.08. The van der Waals surface area contributed by atoms with Crippen LogP contribution in [0.5, 0.6) is 0 Å². The molecule has 1 heterocycles. The van der Waals surface area contributed by atoms with Gasteiger partial charge in [0, 0.05) is 17.1 Å². The van der Waals surface area contributed by atoms with E-state index in [9.17, 15) is 4.79 Å². The SMILES string of the molecule is CC(=O)c1cnc(Cc2ccccc2Br)nc1C. The fourth-order valence-corrected chi connectivity index (χ4v) is 2.18. The molecule has 0 N–H and O–H groups in total. The Bertz CT molecular complexity index is 596. The van der Waals surface area contributed by atoms with Crippen molar-refractivity contribution in [3.63, 3.8) is 0 Å². The van der Waals surface area contributed by atoms with E-state index in [1.54, 1.807) is 6.20 Å². The van der Waals surface area contributed by atoms with Crippen molar-refractivity contribution in [3.05, 3.63) is 57.6 Å². The molecule has 2 rings (SSSR count). The minimum absolute atomic E-state index is 0.0000540. The highest BCUT2D eigenvalue weighted by Crippen LogP contribution is 2.18. The summed E-state index contributed by atoms with van der Waals surface area (Å²) in [4.78, 5) is 19.9. The molecule has 0 atom stereocenters.